The quantitative estimate of drug-likeness (QED) is 0.844. The second-order valence-electron chi connectivity index (χ2n) is 4.03. The summed E-state index contributed by atoms with van der Waals surface area (Å²) in [4.78, 5) is 0.165. The second-order valence-corrected chi connectivity index (χ2v) is 4.91. The molecule has 5 heteroatoms. The van der Waals surface area contributed by atoms with Crippen molar-refractivity contribution < 1.29 is 4.39 Å². The number of hydrogen-bond acceptors (Lipinski definition) is 2. The molecule has 0 amide bonds. The van der Waals surface area contributed by atoms with Crippen molar-refractivity contribution in [3.8, 4) is 0 Å². The SMILES string of the molecule is NC(=S)c1cc(F)ccc1NCc1ccc(Cl)cc1. The number of thiocarbonyl (C=S) groups is 1. The molecule has 0 unspecified atom stereocenters. The zero-order valence-electron chi connectivity index (χ0n) is 9.99. The minimum Gasteiger partial charge on any atom is -0.389 e. The third-order valence-corrected chi connectivity index (χ3v) is 3.12. The summed E-state index contributed by atoms with van der Waals surface area (Å²) in [5.74, 6) is -0.361. The zero-order valence-corrected chi connectivity index (χ0v) is 11.6. The molecule has 0 heterocycles. The van der Waals surface area contributed by atoms with E-state index in [0.717, 1.165) is 5.56 Å². The molecule has 0 spiro atoms. The Morgan fingerprint density at radius 2 is 1.89 bits per heavy atom. The fourth-order valence-corrected chi connectivity index (χ4v) is 1.97. The molecule has 0 aliphatic carbocycles. The summed E-state index contributed by atoms with van der Waals surface area (Å²) >= 11 is 10.7. The Hall–Kier alpha value is -1.65. The third-order valence-electron chi connectivity index (χ3n) is 2.64. The standard InChI is InChI=1S/C14H12ClFN2S/c15-10-3-1-9(2-4-10)8-18-13-6-5-11(16)7-12(13)14(17)19/h1-7,18H,8H2,(H2,17,19). The molecule has 0 aliphatic rings. The third kappa shape index (κ3) is 3.66. The lowest BCUT2D eigenvalue weighted by molar-refractivity contribution is 0.627. The first kappa shape index (κ1) is 13.8. The molecule has 0 aliphatic heterocycles. The highest BCUT2D eigenvalue weighted by molar-refractivity contribution is 7.80. The van der Waals surface area contributed by atoms with E-state index in [9.17, 15) is 4.39 Å². The molecule has 0 radical (unpaired) electrons. The van der Waals surface area contributed by atoms with Crippen LogP contribution >= 0.6 is 23.8 Å². The van der Waals surface area contributed by atoms with E-state index in [2.05, 4.69) is 5.32 Å². The Kier molecular flexibility index (Phi) is 4.35. The van der Waals surface area contributed by atoms with Crippen LogP contribution in [0.5, 0.6) is 0 Å². The van der Waals surface area contributed by atoms with Crippen molar-refractivity contribution in [1.29, 1.82) is 0 Å². The van der Waals surface area contributed by atoms with Gasteiger partial charge in [0.2, 0.25) is 0 Å². The summed E-state index contributed by atoms with van der Waals surface area (Å²) in [5, 5.41) is 3.87. The molecule has 2 rings (SSSR count). The molecule has 0 aromatic heterocycles. The highest BCUT2D eigenvalue weighted by Crippen LogP contribution is 2.18. The van der Waals surface area contributed by atoms with Gasteiger partial charge in [0.25, 0.3) is 0 Å². The van der Waals surface area contributed by atoms with E-state index < -0.39 is 0 Å². The van der Waals surface area contributed by atoms with E-state index in [1.54, 1.807) is 6.07 Å². The molecule has 2 nitrogen and oxygen atoms in total. The number of benzene rings is 2. The summed E-state index contributed by atoms with van der Waals surface area (Å²) in [5.41, 5.74) is 7.85. The summed E-state index contributed by atoms with van der Waals surface area (Å²) in [7, 11) is 0. The number of nitrogens with two attached hydrogens (primary N) is 1. The van der Waals surface area contributed by atoms with Gasteiger partial charge < -0.3 is 11.1 Å². The van der Waals surface area contributed by atoms with E-state index in [1.807, 2.05) is 24.3 Å². The van der Waals surface area contributed by atoms with Gasteiger partial charge in [0.15, 0.2) is 0 Å². The van der Waals surface area contributed by atoms with Crippen LogP contribution in [-0.4, -0.2) is 4.99 Å². The van der Waals surface area contributed by atoms with E-state index in [4.69, 9.17) is 29.6 Å². The van der Waals surface area contributed by atoms with Crippen molar-refractivity contribution in [2.24, 2.45) is 5.73 Å². The minimum absolute atomic E-state index is 0.165. The lowest BCUT2D eigenvalue weighted by Gasteiger charge is -2.11. The molecule has 3 N–H and O–H groups in total. The van der Waals surface area contributed by atoms with Crippen LogP contribution < -0.4 is 11.1 Å². The van der Waals surface area contributed by atoms with E-state index >= 15 is 0 Å². The smallest absolute Gasteiger partial charge is 0.124 e. The fraction of sp³-hybridized carbons (Fsp3) is 0.0714. The molecule has 0 fully saturated rings. The van der Waals surface area contributed by atoms with Crippen molar-refractivity contribution in [3.63, 3.8) is 0 Å². The number of rotatable bonds is 4. The van der Waals surface area contributed by atoms with Crippen molar-refractivity contribution in [3.05, 3.63) is 64.4 Å². The van der Waals surface area contributed by atoms with Crippen molar-refractivity contribution in [1.82, 2.24) is 0 Å². The first-order valence-corrected chi connectivity index (χ1v) is 6.42. The predicted molar refractivity (Wildman–Crippen MR) is 81.1 cm³/mol. The maximum atomic E-state index is 13.2. The molecule has 0 saturated heterocycles. The summed E-state index contributed by atoms with van der Waals surface area (Å²) in [6, 6.07) is 11.8. The highest BCUT2D eigenvalue weighted by atomic mass is 35.5. The van der Waals surface area contributed by atoms with Crippen LogP contribution in [0.1, 0.15) is 11.1 Å². The van der Waals surface area contributed by atoms with Gasteiger partial charge in [-0.3, -0.25) is 0 Å². The van der Waals surface area contributed by atoms with Gasteiger partial charge in [-0.05, 0) is 35.9 Å². The molecule has 98 valence electrons. The van der Waals surface area contributed by atoms with Gasteiger partial charge in [-0.1, -0.05) is 36.0 Å². The highest BCUT2D eigenvalue weighted by Gasteiger charge is 2.06. The van der Waals surface area contributed by atoms with Crippen molar-refractivity contribution >= 4 is 34.5 Å². The van der Waals surface area contributed by atoms with Gasteiger partial charge in [-0.2, -0.15) is 0 Å². The molecular formula is C14H12ClFN2S. The van der Waals surface area contributed by atoms with Crippen LogP contribution in [0.3, 0.4) is 0 Å². The van der Waals surface area contributed by atoms with Gasteiger partial charge in [0.1, 0.15) is 10.8 Å². The Balaban J connectivity index is 2.15. The zero-order chi connectivity index (χ0) is 13.8. The molecule has 0 atom stereocenters. The van der Waals surface area contributed by atoms with Crippen LogP contribution in [0.2, 0.25) is 5.02 Å². The van der Waals surface area contributed by atoms with Gasteiger partial charge in [-0.15, -0.1) is 0 Å². The van der Waals surface area contributed by atoms with E-state index in [0.29, 0.717) is 22.8 Å². The number of halogens is 2. The molecule has 2 aromatic carbocycles. The Morgan fingerprint density at radius 1 is 1.21 bits per heavy atom. The average Bonchev–Trinajstić information content (AvgIpc) is 2.39. The largest absolute Gasteiger partial charge is 0.389 e. The van der Waals surface area contributed by atoms with E-state index in [1.165, 1.54) is 12.1 Å². The first-order chi connectivity index (χ1) is 9.06. The van der Waals surface area contributed by atoms with Gasteiger partial charge in [-0.25, -0.2) is 4.39 Å². The summed E-state index contributed by atoms with van der Waals surface area (Å²) in [6.45, 7) is 0.582. The topological polar surface area (TPSA) is 38.0 Å². The van der Waals surface area contributed by atoms with E-state index in [-0.39, 0.29) is 10.8 Å². The maximum absolute atomic E-state index is 13.2. The maximum Gasteiger partial charge on any atom is 0.124 e. The Bertz CT molecular complexity index is 599. The van der Waals surface area contributed by atoms with Crippen LogP contribution in [0.15, 0.2) is 42.5 Å². The Labute approximate surface area is 121 Å². The number of nitrogens with one attached hydrogen (secondary N) is 1. The molecule has 0 saturated carbocycles. The monoisotopic (exact) mass is 294 g/mol. The molecule has 19 heavy (non-hydrogen) atoms. The van der Waals surface area contributed by atoms with Crippen molar-refractivity contribution in [2.45, 2.75) is 6.54 Å². The predicted octanol–water partition coefficient (Wildman–Crippen LogP) is 3.73. The lowest BCUT2D eigenvalue weighted by Crippen LogP contribution is -2.13. The number of hydrogen-bond donors (Lipinski definition) is 2. The van der Waals surface area contributed by atoms with Crippen LogP contribution in [0.4, 0.5) is 10.1 Å². The lowest BCUT2D eigenvalue weighted by atomic mass is 10.1. The van der Waals surface area contributed by atoms with Gasteiger partial charge >= 0.3 is 0 Å². The van der Waals surface area contributed by atoms with Crippen LogP contribution in [0, 0.1) is 5.82 Å². The first-order valence-electron chi connectivity index (χ1n) is 5.64. The van der Waals surface area contributed by atoms with Gasteiger partial charge in [0, 0.05) is 22.8 Å². The molecule has 0 bridgehead atoms. The normalized spacial score (nSPS) is 10.2. The Morgan fingerprint density at radius 3 is 2.53 bits per heavy atom. The van der Waals surface area contributed by atoms with Crippen LogP contribution in [-0.2, 0) is 6.54 Å². The second kappa shape index (κ2) is 5.99. The van der Waals surface area contributed by atoms with Crippen molar-refractivity contribution in [2.75, 3.05) is 5.32 Å². The summed E-state index contributed by atoms with van der Waals surface area (Å²) < 4.78 is 13.2. The average molecular weight is 295 g/mol. The van der Waals surface area contributed by atoms with Crippen LogP contribution in [0.25, 0.3) is 0 Å². The van der Waals surface area contributed by atoms with Gasteiger partial charge in [0.05, 0.1) is 0 Å². The number of anilines is 1. The molecule has 2 aromatic rings. The summed E-state index contributed by atoms with van der Waals surface area (Å²) in [6.07, 6.45) is 0. The molecular weight excluding hydrogens is 283 g/mol. The minimum atomic E-state index is -0.361. The fourth-order valence-electron chi connectivity index (χ4n) is 1.67.